The van der Waals surface area contributed by atoms with Crippen LogP contribution >= 0.6 is 0 Å². The number of hydrogen-bond donors (Lipinski definition) is 2. The predicted molar refractivity (Wildman–Crippen MR) is 71.6 cm³/mol. The molecule has 1 amide bonds. The van der Waals surface area contributed by atoms with E-state index in [0.717, 1.165) is 12.5 Å². The lowest BCUT2D eigenvalue weighted by Gasteiger charge is -2.27. The van der Waals surface area contributed by atoms with Crippen molar-refractivity contribution >= 4 is 17.3 Å². The van der Waals surface area contributed by atoms with Crippen molar-refractivity contribution in [2.75, 3.05) is 5.32 Å². The van der Waals surface area contributed by atoms with Crippen LogP contribution in [0.5, 0.6) is 0 Å². The van der Waals surface area contributed by atoms with E-state index in [1.807, 2.05) is 0 Å². The van der Waals surface area contributed by atoms with Crippen molar-refractivity contribution < 1.29 is 18.5 Å². The zero-order chi connectivity index (χ0) is 15.8. The highest BCUT2D eigenvalue weighted by Crippen LogP contribution is 2.39. The van der Waals surface area contributed by atoms with Crippen molar-refractivity contribution in [3.05, 3.63) is 33.9 Å². The van der Waals surface area contributed by atoms with Gasteiger partial charge in [0.25, 0.3) is 5.69 Å². The van der Waals surface area contributed by atoms with Crippen molar-refractivity contribution in [3.8, 4) is 0 Å². The van der Waals surface area contributed by atoms with Gasteiger partial charge >= 0.3 is 0 Å². The van der Waals surface area contributed by atoms with Crippen LogP contribution in [0.4, 0.5) is 20.2 Å². The normalized spacial score (nSPS) is 24.9. The zero-order valence-corrected chi connectivity index (χ0v) is 11.4. The van der Waals surface area contributed by atoms with E-state index in [9.17, 15) is 23.7 Å². The number of halogens is 2. The van der Waals surface area contributed by atoms with Crippen molar-refractivity contribution in [3.63, 3.8) is 0 Å². The van der Waals surface area contributed by atoms with Crippen LogP contribution < -0.4 is 11.1 Å². The van der Waals surface area contributed by atoms with E-state index >= 15 is 0 Å². The lowest BCUT2D eigenvalue weighted by Crippen LogP contribution is -2.44. The fourth-order valence-electron chi connectivity index (χ4n) is 2.54. The van der Waals surface area contributed by atoms with Gasteiger partial charge in [0.05, 0.1) is 10.3 Å². The molecule has 2 rings (SSSR count). The van der Waals surface area contributed by atoms with E-state index in [1.54, 1.807) is 6.92 Å². The summed E-state index contributed by atoms with van der Waals surface area (Å²) in [5.41, 5.74) is 3.46. The molecule has 0 saturated heterocycles. The Balaban J connectivity index is 2.37. The average Bonchev–Trinajstić information content (AvgIpc) is 2.76. The van der Waals surface area contributed by atoms with Crippen LogP contribution in [0, 0.1) is 27.2 Å². The first kappa shape index (κ1) is 15.3. The number of nitrogens with two attached hydrogens (primary N) is 1. The van der Waals surface area contributed by atoms with Gasteiger partial charge in [0.2, 0.25) is 5.91 Å². The first-order chi connectivity index (χ1) is 9.77. The van der Waals surface area contributed by atoms with Crippen LogP contribution in [0.15, 0.2) is 12.1 Å². The number of nitrogens with one attached hydrogen (secondary N) is 1. The Bertz CT molecular complexity index is 609. The molecule has 0 bridgehead atoms. The number of nitrogens with zero attached hydrogens (tertiary/aromatic N) is 1. The molecule has 2 unspecified atom stereocenters. The number of hydrogen-bond acceptors (Lipinski definition) is 4. The molecule has 0 aliphatic heterocycles. The molecule has 6 nitrogen and oxygen atoms in total. The van der Waals surface area contributed by atoms with Gasteiger partial charge < -0.3 is 11.1 Å². The van der Waals surface area contributed by atoms with Gasteiger partial charge in [0, 0.05) is 12.1 Å². The predicted octanol–water partition coefficient (Wildman–Crippen LogP) is 2.33. The summed E-state index contributed by atoms with van der Waals surface area (Å²) in [6.07, 6.45) is 1.86. The first-order valence-electron chi connectivity index (χ1n) is 6.47. The number of nitro benzene ring substituents is 1. The molecule has 0 aromatic heterocycles. The molecular weight excluding hydrogens is 284 g/mol. The topological polar surface area (TPSA) is 98.3 Å². The molecule has 1 aliphatic rings. The van der Waals surface area contributed by atoms with E-state index < -0.39 is 45.3 Å². The second kappa shape index (κ2) is 5.36. The summed E-state index contributed by atoms with van der Waals surface area (Å²) in [4.78, 5) is 22.3. The lowest BCUT2D eigenvalue weighted by atomic mass is 9.84. The Hall–Kier alpha value is -2.09. The van der Waals surface area contributed by atoms with Crippen molar-refractivity contribution in [1.29, 1.82) is 0 Å². The van der Waals surface area contributed by atoms with E-state index in [0.29, 0.717) is 18.9 Å². The van der Waals surface area contributed by atoms with Gasteiger partial charge in [-0.1, -0.05) is 6.42 Å². The number of amides is 1. The molecule has 1 saturated carbocycles. The lowest BCUT2D eigenvalue weighted by molar-refractivity contribution is -0.384. The minimum absolute atomic E-state index is 0.423. The molecule has 3 N–H and O–H groups in total. The monoisotopic (exact) mass is 299 g/mol. The Morgan fingerprint density at radius 3 is 2.71 bits per heavy atom. The maximum atomic E-state index is 13.8. The van der Waals surface area contributed by atoms with Crippen molar-refractivity contribution in [1.82, 2.24) is 0 Å². The molecule has 1 aliphatic carbocycles. The maximum absolute atomic E-state index is 13.8. The van der Waals surface area contributed by atoms with E-state index in [2.05, 4.69) is 5.32 Å². The number of carbonyl (C=O) groups is 1. The summed E-state index contributed by atoms with van der Waals surface area (Å²) in [5.74, 6) is -3.36. The van der Waals surface area contributed by atoms with Crippen molar-refractivity contribution in [2.45, 2.75) is 32.2 Å². The average molecular weight is 299 g/mol. The number of nitro groups is 1. The highest BCUT2D eigenvalue weighted by Gasteiger charge is 2.43. The molecule has 21 heavy (non-hydrogen) atoms. The standard InChI is InChI=1S/C13H15F2N3O3/c1-13(6-2-3-9(13)16)12(19)17-11-8(18(20)21)5-4-7(14)10(11)15/h4-5,9H,2-3,6,16H2,1H3,(H,17,19). The molecule has 0 heterocycles. The second-order valence-corrected chi connectivity index (χ2v) is 5.38. The maximum Gasteiger partial charge on any atom is 0.296 e. The number of carbonyl (C=O) groups excluding carboxylic acids is 1. The van der Waals surface area contributed by atoms with Gasteiger partial charge in [-0.15, -0.1) is 0 Å². The van der Waals surface area contributed by atoms with E-state index in [1.165, 1.54) is 0 Å². The molecular formula is C13H15F2N3O3. The van der Waals surface area contributed by atoms with Crippen LogP contribution in [-0.4, -0.2) is 16.9 Å². The van der Waals surface area contributed by atoms with Crippen LogP contribution in [0.25, 0.3) is 0 Å². The van der Waals surface area contributed by atoms with Crippen LogP contribution in [0.3, 0.4) is 0 Å². The first-order valence-corrected chi connectivity index (χ1v) is 6.47. The minimum Gasteiger partial charge on any atom is -0.327 e. The molecule has 1 aromatic carbocycles. The summed E-state index contributed by atoms with van der Waals surface area (Å²) in [6, 6.07) is 1.03. The van der Waals surface area contributed by atoms with Gasteiger partial charge in [0.15, 0.2) is 17.3 Å². The highest BCUT2D eigenvalue weighted by atomic mass is 19.2. The summed E-state index contributed by atoms with van der Waals surface area (Å²) >= 11 is 0. The zero-order valence-electron chi connectivity index (χ0n) is 11.4. The Morgan fingerprint density at radius 2 is 2.19 bits per heavy atom. The summed E-state index contributed by atoms with van der Waals surface area (Å²) in [5, 5.41) is 13.0. The number of benzene rings is 1. The largest absolute Gasteiger partial charge is 0.327 e. The third-order valence-electron chi connectivity index (χ3n) is 4.06. The Morgan fingerprint density at radius 1 is 1.52 bits per heavy atom. The third kappa shape index (κ3) is 2.58. The Labute approximate surface area is 119 Å². The summed E-state index contributed by atoms with van der Waals surface area (Å²) in [6.45, 7) is 1.61. The minimum atomic E-state index is -1.45. The quantitative estimate of drug-likeness (QED) is 0.661. The van der Waals surface area contributed by atoms with Crippen LogP contribution in [0.2, 0.25) is 0 Å². The second-order valence-electron chi connectivity index (χ2n) is 5.38. The Kier molecular flexibility index (Phi) is 3.91. The van der Waals surface area contributed by atoms with Gasteiger partial charge in [-0.05, 0) is 25.8 Å². The SMILES string of the molecule is CC1(C(=O)Nc2c([N+](=O)[O-])ccc(F)c2F)CCCC1N. The number of rotatable bonds is 3. The smallest absolute Gasteiger partial charge is 0.296 e. The molecule has 8 heteroatoms. The van der Waals surface area contributed by atoms with E-state index in [-0.39, 0.29) is 0 Å². The molecule has 0 spiro atoms. The van der Waals surface area contributed by atoms with Gasteiger partial charge in [-0.3, -0.25) is 14.9 Å². The molecule has 2 atom stereocenters. The molecule has 1 fully saturated rings. The van der Waals surface area contributed by atoms with Crippen molar-refractivity contribution in [2.24, 2.45) is 11.1 Å². The van der Waals surface area contributed by atoms with E-state index in [4.69, 9.17) is 5.73 Å². The van der Waals surface area contributed by atoms with Gasteiger partial charge in [-0.25, -0.2) is 8.78 Å². The summed E-state index contributed by atoms with van der Waals surface area (Å²) in [7, 11) is 0. The third-order valence-corrected chi connectivity index (χ3v) is 4.06. The number of anilines is 1. The van der Waals surface area contributed by atoms with Crippen LogP contribution in [-0.2, 0) is 4.79 Å². The molecule has 0 radical (unpaired) electrons. The fraction of sp³-hybridized carbons (Fsp3) is 0.462. The molecule has 1 aromatic rings. The molecule has 114 valence electrons. The summed E-state index contributed by atoms with van der Waals surface area (Å²) < 4.78 is 27.0. The highest BCUT2D eigenvalue weighted by molar-refractivity contribution is 5.97. The van der Waals surface area contributed by atoms with Crippen LogP contribution in [0.1, 0.15) is 26.2 Å². The van der Waals surface area contributed by atoms with Gasteiger partial charge in [0.1, 0.15) is 0 Å². The fourth-order valence-corrected chi connectivity index (χ4v) is 2.54. The van der Waals surface area contributed by atoms with Gasteiger partial charge in [-0.2, -0.15) is 0 Å².